The molecule has 0 heterocycles. The zero-order chi connectivity index (χ0) is 26.7. The highest BCUT2D eigenvalue weighted by Gasteiger charge is 2.32. The molecule has 1 aromatic carbocycles. The second kappa shape index (κ2) is 13.8. The van der Waals surface area contributed by atoms with E-state index in [-0.39, 0.29) is 17.9 Å². The number of nitrogens with two attached hydrogens (primary N) is 2. The van der Waals surface area contributed by atoms with Gasteiger partial charge in [-0.25, -0.2) is 4.79 Å². The maximum absolute atomic E-state index is 12.8. The molecule has 0 bridgehead atoms. The van der Waals surface area contributed by atoms with E-state index in [1.807, 2.05) is 0 Å². The average molecular weight is 514 g/mol. The van der Waals surface area contributed by atoms with Gasteiger partial charge in [-0.05, 0) is 17.7 Å². The third kappa shape index (κ3) is 10.3. The Hall–Kier alpha value is -3.85. The van der Waals surface area contributed by atoms with Crippen molar-refractivity contribution in [2.45, 2.75) is 43.4 Å². The SMILES string of the molecule is NC(=O)CC(NC(=O)C(Cc1ccc(O)cc1)NC(=O)C(CC(=O)O)NC(=O)C(N)CS)C(=O)O. The number of thiol groups is 1. The molecular formula is C20H27N5O9S. The molecule has 0 aliphatic rings. The summed E-state index contributed by atoms with van der Waals surface area (Å²) in [6.45, 7) is 0. The Balaban J connectivity index is 3.18. The summed E-state index contributed by atoms with van der Waals surface area (Å²) in [6.07, 6.45) is -1.78. The molecule has 1 rings (SSSR count). The van der Waals surface area contributed by atoms with Crippen molar-refractivity contribution in [3.63, 3.8) is 0 Å². The van der Waals surface area contributed by atoms with Crippen molar-refractivity contribution in [3.05, 3.63) is 29.8 Å². The van der Waals surface area contributed by atoms with Gasteiger partial charge in [0.05, 0.1) is 18.9 Å². The number of benzene rings is 1. The van der Waals surface area contributed by atoms with Gasteiger partial charge >= 0.3 is 11.9 Å². The lowest BCUT2D eigenvalue weighted by atomic mass is 10.0. The highest BCUT2D eigenvalue weighted by atomic mass is 32.1. The van der Waals surface area contributed by atoms with Crippen molar-refractivity contribution in [3.8, 4) is 5.75 Å². The van der Waals surface area contributed by atoms with Gasteiger partial charge in [-0.3, -0.25) is 24.0 Å². The second-order valence-corrected chi connectivity index (χ2v) is 7.81. The second-order valence-electron chi connectivity index (χ2n) is 7.45. The Labute approximate surface area is 204 Å². The Kier molecular flexibility index (Phi) is 11.5. The van der Waals surface area contributed by atoms with Crippen LogP contribution >= 0.6 is 12.6 Å². The standard InChI is InChI=1S/C20H27N5O9S/c21-11(8-35)17(30)23-13(7-16(28)29)19(32)24-12(5-9-1-3-10(26)4-2-9)18(31)25-14(20(33)34)6-15(22)27/h1-4,11-14,26,35H,5-8,21H2,(H2,22,27)(H,23,30)(H,24,32)(H,25,31)(H,28,29)(H,33,34). The molecule has 0 aromatic heterocycles. The third-order valence-electron chi connectivity index (χ3n) is 4.57. The first kappa shape index (κ1) is 29.2. The molecule has 14 nitrogen and oxygen atoms in total. The van der Waals surface area contributed by atoms with Crippen LogP contribution in [0.15, 0.2) is 24.3 Å². The van der Waals surface area contributed by atoms with Crippen molar-refractivity contribution >= 4 is 48.2 Å². The Bertz CT molecular complexity index is 957. The summed E-state index contributed by atoms with van der Waals surface area (Å²) in [5, 5.41) is 34.4. The zero-order valence-corrected chi connectivity index (χ0v) is 19.2. The summed E-state index contributed by atoms with van der Waals surface area (Å²) in [5.41, 5.74) is 11.0. The number of rotatable bonds is 14. The first-order valence-electron chi connectivity index (χ1n) is 10.1. The fourth-order valence-electron chi connectivity index (χ4n) is 2.77. The van der Waals surface area contributed by atoms with E-state index < -0.39 is 72.6 Å². The summed E-state index contributed by atoms with van der Waals surface area (Å²) < 4.78 is 0. The minimum absolute atomic E-state index is 0.0732. The van der Waals surface area contributed by atoms with E-state index in [0.717, 1.165) is 0 Å². The number of phenols is 1. The Morgan fingerprint density at radius 1 is 0.829 bits per heavy atom. The third-order valence-corrected chi connectivity index (χ3v) is 4.97. The predicted octanol–water partition coefficient (Wildman–Crippen LogP) is -2.92. The van der Waals surface area contributed by atoms with Crippen LogP contribution < -0.4 is 27.4 Å². The Morgan fingerprint density at radius 2 is 1.34 bits per heavy atom. The molecule has 15 heteroatoms. The van der Waals surface area contributed by atoms with Crippen LogP contribution in [-0.2, 0) is 35.2 Å². The molecular weight excluding hydrogens is 486 g/mol. The lowest BCUT2D eigenvalue weighted by molar-refractivity contribution is -0.144. The summed E-state index contributed by atoms with van der Waals surface area (Å²) in [5.74, 6) is -7.08. The summed E-state index contributed by atoms with van der Waals surface area (Å²) >= 11 is 3.86. The number of aromatic hydroxyl groups is 1. The van der Waals surface area contributed by atoms with Crippen LogP contribution in [0.5, 0.6) is 5.75 Å². The number of hydrogen-bond acceptors (Lipinski definition) is 9. The van der Waals surface area contributed by atoms with E-state index in [0.29, 0.717) is 5.56 Å². The van der Waals surface area contributed by atoms with E-state index in [4.69, 9.17) is 16.6 Å². The van der Waals surface area contributed by atoms with Gasteiger partial charge in [0, 0.05) is 12.2 Å². The number of aliphatic carboxylic acids is 2. The number of carboxylic acids is 2. The number of carbonyl (C=O) groups excluding carboxylic acids is 4. The van der Waals surface area contributed by atoms with E-state index >= 15 is 0 Å². The Morgan fingerprint density at radius 3 is 1.83 bits per heavy atom. The monoisotopic (exact) mass is 513 g/mol. The van der Waals surface area contributed by atoms with Crippen molar-refractivity contribution in [1.29, 1.82) is 0 Å². The molecule has 4 unspecified atom stereocenters. The topological polar surface area (TPSA) is 251 Å². The maximum atomic E-state index is 12.8. The van der Waals surface area contributed by atoms with Gasteiger partial charge < -0.3 is 42.7 Å². The quantitative estimate of drug-likeness (QED) is 0.115. The molecule has 35 heavy (non-hydrogen) atoms. The molecule has 4 atom stereocenters. The molecule has 0 spiro atoms. The highest BCUT2D eigenvalue weighted by molar-refractivity contribution is 7.80. The number of nitrogens with one attached hydrogen (secondary N) is 3. The van der Waals surface area contributed by atoms with Crippen LogP contribution in [-0.4, -0.2) is 80.8 Å². The summed E-state index contributed by atoms with van der Waals surface area (Å²) in [7, 11) is 0. The lowest BCUT2D eigenvalue weighted by Gasteiger charge is -2.24. The van der Waals surface area contributed by atoms with Crippen LogP contribution in [0.1, 0.15) is 18.4 Å². The first-order chi connectivity index (χ1) is 16.3. The highest BCUT2D eigenvalue weighted by Crippen LogP contribution is 2.12. The molecule has 0 aliphatic carbocycles. The fourth-order valence-corrected chi connectivity index (χ4v) is 2.93. The maximum Gasteiger partial charge on any atom is 0.326 e. The number of hydrogen-bond donors (Lipinski definition) is 9. The van der Waals surface area contributed by atoms with Crippen molar-refractivity contribution in [2.24, 2.45) is 11.5 Å². The summed E-state index contributed by atoms with van der Waals surface area (Å²) in [4.78, 5) is 71.5. The summed E-state index contributed by atoms with van der Waals surface area (Å²) in [6, 6.07) is -0.428. The zero-order valence-electron chi connectivity index (χ0n) is 18.3. The molecule has 192 valence electrons. The van der Waals surface area contributed by atoms with E-state index in [1.54, 1.807) is 0 Å². The molecule has 0 saturated heterocycles. The van der Waals surface area contributed by atoms with Crippen LogP contribution in [0, 0.1) is 0 Å². The van der Waals surface area contributed by atoms with Crippen LogP contribution in [0.2, 0.25) is 0 Å². The molecule has 0 fully saturated rings. The molecule has 0 aliphatic heterocycles. The van der Waals surface area contributed by atoms with Crippen molar-refractivity contribution < 1.29 is 44.1 Å². The van der Waals surface area contributed by atoms with E-state index in [1.165, 1.54) is 24.3 Å². The van der Waals surface area contributed by atoms with Crippen LogP contribution in [0.25, 0.3) is 0 Å². The van der Waals surface area contributed by atoms with Gasteiger partial charge in [-0.2, -0.15) is 12.6 Å². The first-order valence-corrected chi connectivity index (χ1v) is 10.8. The number of phenolic OH excluding ortho intramolecular Hbond substituents is 1. The van der Waals surface area contributed by atoms with E-state index in [9.17, 15) is 39.0 Å². The van der Waals surface area contributed by atoms with Crippen LogP contribution in [0.3, 0.4) is 0 Å². The molecule has 0 radical (unpaired) electrons. The van der Waals surface area contributed by atoms with Gasteiger partial charge in [0.1, 0.15) is 23.9 Å². The lowest BCUT2D eigenvalue weighted by Crippen LogP contribution is -2.58. The van der Waals surface area contributed by atoms with Gasteiger partial charge in [0.25, 0.3) is 0 Å². The predicted molar refractivity (Wildman–Crippen MR) is 123 cm³/mol. The van der Waals surface area contributed by atoms with Crippen molar-refractivity contribution in [2.75, 3.05) is 5.75 Å². The molecule has 0 saturated carbocycles. The van der Waals surface area contributed by atoms with E-state index in [2.05, 4.69) is 28.6 Å². The number of carboxylic acid groups (broad SMARTS) is 2. The van der Waals surface area contributed by atoms with Crippen LogP contribution in [0.4, 0.5) is 0 Å². The van der Waals surface area contributed by atoms with Gasteiger partial charge in [-0.1, -0.05) is 12.1 Å². The smallest absolute Gasteiger partial charge is 0.326 e. The minimum Gasteiger partial charge on any atom is -0.508 e. The largest absolute Gasteiger partial charge is 0.508 e. The fraction of sp³-hybridized carbons (Fsp3) is 0.400. The number of amides is 4. The average Bonchev–Trinajstić information content (AvgIpc) is 2.77. The molecule has 4 amide bonds. The van der Waals surface area contributed by atoms with Gasteiger partial charge in [0.15, 0.2) is 0 Å². The number of carbonyl (C=O) groups is 6. The molecule has 10 N–H and O–H groups in total. The number of primary amides is 1. The van der Waals surface area contributed by atoms with Gasteiger partial charge in [0.2, 0.25) is 23.6 Å². The normalized spacial score (nSPS) is 14.0. The van der Waals surface area contributed by atoms with Gasteiger partial charge in [-0.15, -0.1) is 0 Å². The molecule has 1 aromatic rings. The minimum atomic E-state index is -1.69. The van der Waals surface area contributed by atoms with Crippen molar-refractivity contribution in [1.82, 2.24) is 16.0 Å².